The minimum Gasteiger partial charge on any atom is -0.347 e. The summed E-state index contributed by atoms with van der Waals surface area (Å²) in [6, 6.07) is 10.6. The second-order valence-corrected chi connectivity index (χ2v) is 10.5. The SMILES string of the molecule is CN[C@]1(c2ccccc2)CC[C@@]2(CC1)CN(CC(=O)NCC(=O)N(C)C)C(=O)N2CC1CCC1. The molecule has 1 saturated heterocycles. The first-order valence-electron chi connectivity index (χ1n) is 12.6. The van der Waals surface area contributed by atoms with E-state index in [0.717, 1.165) is 32.2 Å². The van der Waals surface area contributed by atoms with Crippen LogP contribution in [0.4, 0.5) is 4.79 Å². The zero-order valence-corrected chi connectivity index (χ0v) is 20.8. The van der Waals surface area contributed by atoms with Gasteiger partial charge < -0.3 is 25.3 Å². The Balaban J connectivity index is 1.47. The number of nitrogens with one attached hydrogen (secondary N) is 2. The van der Waals surface area contributed by atoms with Crippen molar-refractivity contribution in [3.05, 3.63) is 35.9 Å². The van der Waals surface area contributed by atoms with Crippen molar-refractivity contribution in [3.63, 3.8) is 0 Å². The third-order valence-corrected chi connectivity index (χ3v) is 8.33. The van der Waals surface area contributed by atoms with E-state index in [1.165, 1.54) is 29.7 Å². The molecule has 3 aliphatic rings. The van der Waals surface area contributed by atoms with Crippen LogP contribution < -0.4 is 10.6 Å². The van der Waals surface area contributed by atoms with Crippen LogP contribution in [0.25, 0.3) is 0 Å². The van der Waals surface area contributed by atoms with Gasteiger partial charge in [-0.3, -0.25) is 9.59 Å². The summed E-state index contributed by atoms with van der Waals surface area (Å²) in [6.07, 6.45) is 7.28. The lowest BCUT2D eigenvalue weighted by Crippen LogP contribution is -2.56. The molecule has 4 rings (SSSR count). The third kappa shape index (κ3) is 4.78. The summed E-state index contributed by atoms with van der Waals surface area (Å²) in [6.45, 7) is 1.31. The van der Waals surface area contributed by atoms with Gasteiger partial charge >= 0.3 is 6.03 Å². The molecule has 0 atom stereocenters. The highest BCUT2D eigenvalue weighted by Crippen LogP contribution is 2.47. The van der Waals surface area contributed by atoms with E-state index < -0.39 is 0 Å². The van der Waals surface area contributed by atoms with Gasteiger partial charge in [-0.15, -0.1) is 0 Å². The van der Waals surface area contributed by atoms with Crippen LogP contribution in [-0.4, -0.2) is 85.4 Å². The normalized spacial score (nSPS) is 27.1. The standard InChI is InChI=1S/C26H39N5O3/c1-27-26(21-10-5-4-6-11-21)14-12-25(13-15-26)19-30(18-22(32)28-16-23(33)29(2)3)24(34)31(25)17-20-8-7-9-20/h4-6,10-11,20,27H,7-9,12-19H2,1-3H3,(H,28,32)/t25-,26-. The molecule has 2 N–H and O–H groups in total. The second kappa shape index (κ2) is 9.94. The summed E-state index contributed by atoms with van der Waals surface area (Å²) in [5.41, 5.74) is 0.973. The zero-order chi connectivity index (χ0) is 24.3. The van der Waals surface area contributed by atoms with Crippen LogP contribution in [0.15, 0.2) is 30.3 Å². The van der Waals surface area contributed by atoms with E-state index in [2.05, 4.69) is 39.8 Å². The van der Waals surface area contributed by atoms with Gasteiger partial charge in [-0.25, -0.2) is 4.79 Å². The smallest absolute Gasteiger partial charge is 0.321 e. The van der Waals surface area contributed by atoms with Crippen molar-refractivity contribution in [3.8, 4) is 0 Å². The van der Waals surface area contributed by atoms with Crippen LogP contribution in [0.1, 0.15) is 50.5 Å². The molecule has 1 aromatic rings. The lowest BCUT2D eigenvalue weighted by atomic mass is 9.68. The highest BCUT2D eigenvalue weighted by molar-refractivity contribution is 5.88. The van der Waals surface area contributed by atoms with E-state index in [9.17, 15) is 14.4 Å². The van der Waals surface area contributed by atoms with E-state index in [-0.39, 0.29) is 42.0 Å². The van der Waals surface area contributed by atoms with E-state index in [1.54, 1.807) is 19.0 Å². The summed E-state index contributed by atoms with van der Waals surface area (Å²) in [7, 11) is 5.34. The van der Waals surface area contributed by atoms with Gasteiger partial charge in [0.1, 0.15) is 6.54 Å². The monoisotopic (exact) mass is 469 g/mol. The van der Waals surface area contributed by atoms with Gasteiger partial charge in [-0.2, -0.15) is 0 Å². The van der Waals surface area contributed by atoms with Gasteiger partial charge in [-0.1, -0.05) is 36.8 Å². The molecule has 1 aliphatic heterocycles. The molecule has 2 saturated carbocycles. The van der Waals surface area contributed by atoms with E-state index in [1.807, 2.05) is 13.1 Å². The maximum atomic E-state index is 13.5. The van der Waals surface area contributed by atoms with Crippen molar-refractivity contribution < 1.29 is 14.4 Å². The Kier molecular flexibility index (Phi) is 7.17. The summed E-state index contributed by atoms with van der Waals surface area (Å²) in [5, 5.41) is 6.26. The summed E-state index contributed by atoms with van der Waals surface area (Å²) in [5.74, 6) is 0.118. The first-order valence-corrected chi connectivity index (χ1v) is 12.6. The fourth-order valence-electron chi connectivity index (χ4n) is 5.78. The maximum absolute atomic E-state index is 13.5. The zero-order valence-electron chi connectivity index (χ0n) is 20.8. The topological polar surface area (TPSA) is 85.0 Å². The van der Waals surface area contributed by atoms with Gasteiger partial charge in [0, 0.05) is 32.7 Å². The summed E-state index contributed by atoms with van der Waals surface area (Å²) < 4.78 is 0. The Bertz CT molecular complexity index is 891. The average molecular weight is 470 g/mol. The Labute approximate surface area is 203 Å². The minimum absolute atomic E-state index is 0.00167. The predicted molar refractivity (Wildman–Crippen MR) is 131 cm³/mol. The number of likely N-dealkylation sites (N-methyl/N-ethyl adjacent to an activating group) is 1. The van der Waals surface area contributed by atoms with Gasteiger partial charge in [-0.05, 0) is 57.1 Å². The van der Waals surface area contributed by atoms with E-state index in [0.29, 0.717) is 12.5 Å². The average Bonchev–Trinajstić information content (AvgIpc) is 3.06. The molecule has 2 aliphatic carbocycles. The third-order valence-electron chi connectivity index (χ3n) is 8.33. The molecule has 8 heteroatoms. The van der Waals surface area contributed by atoms with E-state index >= 15 is 0 Å². The quantitative estimate of drug-likeness (QED) is 0.611. The van der Waals surface area contributed by atoms with Crippen LogP contribution in [0.2, 0.25) is 0 Å². The van der Waals surface area contributed by atoms with Crippen LogP contribution in [0, 0.1) is 5.92 Å². The Morgan fingerprint density at radius 3 is 2.32 bits per heavy atom. The lowest BCUT2D eigenvalue weighted by Gasteiger charge is -2.49. The second-order valence-electron chi connectivity index (χ2n) is 10.5. The predicted octanol–water partition coefficient (Wildman–Crippen LogP) is 2.16. The van der Waals surface area contributed by atoms with Crippen LogP contribution in [0.5, 0.6) is 0 Å². The van der Waals surface area contributed by atoms with Crippen molar-refractivity contribution in [1.29, 1.82) is 0 Å². The van der Waals surface area contributed by atoms with Crippen LogP contribution >= 0.6 is 0 Å². The van der Waals surface area contributed by atoms with Crippen LogP contribution in [0.3, 0.4) is 0 Å². The van der Waals surface area contributed by atoms with Gasteiger partial charge in [0.05, 0.1) is 12.1 Å². The number of urea groups is 1. The number of hydrogen-bond acceptors (Lipinski definition) is 4. The lowest BCUT2D eigenvalue weighted by molar-refractivity contribution is -0.131. The molecule has 0 radical (unpaired) electrons. The van der Waals surface area contributed by atoms with Crippen molar-refractivity contribution in [2.24, 2.45) is 5.92 Å². The first-order chi connectivity index (χ1) is 16.3. The van der Waals surface area contributed by atoms with Gasteiger partial charge in [0.15, 0.2) is 0 Å². The van der Waals surface area contributed by atoms with Crippen molar-refractivity contribution >= 4 is 17.8 Å². The molecule has 34 heavy (non-hydrogen) atoms. The molecule has 0 bridgehead atoms. The van der Waals surface area contributed by atoms with Gasteiger partial charge in [0.25, 0.3) is 0 Å². The molecule has 1 aromatic carbocycles. The molecule has 8 nitrogen and oxygen atoms in total. The molecule has 0 aromatic heterocycles. The minimum atomic E-state index is -0.283. The molecule has 1 heterocycles. The summed E-state index contributed by atoms with van der Waals surface area (Å²) >= 11 is 0. The molecule has 3 fully saturated rings. The summed E-state index contributed by atoms with van der Waals surface area (Å²) in [4.78, 5) is 43.2. The Morgan fingerprint density at radius 2 is 1.76 bits per heavy atom. The highest BCUT2D eigenvalue weighted by Gasteiger charge is 2.54. The largest absolute Gasteiger partial charge is 0.347 e. The Morgan fingerprint density at radius 1 is 1.09 bits per heavy atom. The molecule has 4 amide bonds. The van der Waals surface area contributed by atoms with Crippen molar-refractivity contribution in [2.75, 3.05) is 47.3 Å². The maximum Gasteiger partial charge on any atom is 0.321 e. The van der Waals surface area contributed by atoms with Crippen molar-refractivity contribution in [1.82, 2.24) is 25.3 Å². The van der Waals surface area contributed by atoms with Gasteiger partial charge in [0.2, 0.25) is 11.8 Å². The molecule has 0 unspecified atom stereocenters. The number of carbonyl (C=O) groups excluding carboxylic acids is 3. The molecule has 1 spiro atoms. The molecule has 186 valence electrons. The first kappa shape index (κ1) is 24.5. The fourth-order valence-corrected chi connectivity index (χ4v) is 5.78. The number of hydrogen-bond donors (Lipinski definition) is 2. The fraction of sp³-hybridized carbons (Fsp3) is 0.654. The number of benzene rings is 1. The van der Waals surface area contributed by atoms with E-state index in [4.69, 9.17) is 0 Å². The van der Waals surface area contributed by atoms with Crippen LogP contribution in [-0.2, 0) is 15.1 Å². The number of rotatable bonds is 8. The highest BCUT2D eigenvalue weighted by atomic mass is 16.2. The number of amides is 4. The molecular formula is C26H39N5O3. The number of carbonyl (C=O) groups is 3. The molecular weight excluding hydrogens is 430 g/mol. The number of nitrogens with zero attached hydrogens (tertiary/aromatic N) is 3. The Hall–Kier alpha value is -2.61. The van der Waals surface area contributed by atoms with Crippen molar-refractivity contribution in [2.45, 2.75) is 56.0 Å².